The Bertz CT molecular complexity index is 1680. The highest BCUT2D eigenvalue weighted by molar-refractivity contribution is 7.91. The van der Waals surface area contributed by atoms with Crippen molar-refractivity contribution in [2.75, 3.05) is 5.75 Å². The van der Waals surface area contributed by atoms with Crippen molar-refractivity contribution < 1.29 is 35.5 Å². The van der Waals surface area contributed by atoms with E-state index < -0.39 is 33.6 Å². The summed E-state index contributed by atoms with van der Waals surface area (Å²) in [7, 11) is -0.812. The zero-order chi connectivity index (χ0) is 28.5. The number of sulfone groups is 1. The Balaban J connectivity index is 1.70. The predicted octanol–water partition coefficient (Wildman–Crippen LogP) is 5.12. The third kappa shape index (κ3) is 4.39. The van der Waals surface area contributed by atoms with Gasteiger partial charge in [0.2, 0.25) is 0 Å². The van der Waals surface area contributed by atoms with E-state index in [1.54, 1.807) is 6.20 Å². The van der Waals surface area contributed by atoms with Gasteiger partial charge in [0.25, 0.3) is 0 Å². The Labute approximate surface area is 221 Å². The summed E-state index contributed by atoms with van der Waals surface area (Å²) in [4.78, 5) is 13.5. The molecule has 1 aromatic carbocycles. The number of aliphatic imine (C=N–C) groups is 1. The zero-order valence-electron chi connectivity index (χ0n) is 21.5. The molecule has 2 aliphatic rings. The molecule has 39 heavy (non-hydrogen) atoms. The van der Waals surface area contributed by atoms with Crippen molar-refractivity contribution in [3.8, 4) is 23.0 Å². The molecule has 0 amide bonds. The van der Waals surface area contributed by atoms with Gasteiger partial charge in [-0.2, -0.15) is 17.6 Å². The molecule has 5 rings (SSSR count). The fraction of sp³-hybridized carbons (Fsp3) is 0.400. The number of allylic oxidation sites excluding steroid dienone is 2. The SMILES string of the molecule is C=C/C(=C\N=C(/C)C1CC1)c1nc(-c2nc3cc4c(cc3n2C)OC(F)(F)C(F)(F)O4)c(S(=O)(=O)CC)n1C. The van der Waals surface area contributed by atoms with Gasteiger partial charge in [-0.05, 0) is 25.7 Å². The average molecular weight is 568 g/mol. The van der Waals surface area contributed by atoms with E-state index in [1.807, 2.05) is 6.92 Å². The largest absolute Gasteiger partial charge is 0.507 e. The molecule has 0 saturated heterocycles. The van der Waals surface area contributed by atoms with Crippen LogP contribution in [0.15, 0.2) is 41.0 Å². The summed E-state index contributed by atoms with van der Waals surface area (Å²) in [5.41, 5.74) is 1.68. The summed E-state index contributed by atoms with van der Waals surface area (Å²) in [6, 6.07) is 2.10. The molecule has 1 aliphatic carbocycles. The molecule has 1 aliphatic heterocycles. The highest BCUT2D eigenvalue weighted by atomic mass is 32.2. The Morgan fingerprint density at radius 3 is 2.31 bits per heavy atom. The minimum Gasteiger partial charge on any atom is -0.421 e. The van der Waals surface area contributed by atoms with E-state index >= 15 is 0 Å². The van der Waals surface area contributed by atoms with Gasteiger partial charge in [-0.15, -0.1) is 0 Å². The third-order valence-electron chi connectivity index (χ3n) is 6.74. The van der Waals surface area contributed by atoms with Gasteiger partial charge in [-0.1, -0.05) is 19.6 Å². The van der Waals surface area contributed by atoms with E-state index in [4.69, 9.17) is 0 Å². The number of rotatable bonds is 7. The molecule has 3 heterocycles. The molecule has 208 valence electrons. The zero-order valence-corrected chi connectivity index (χ0v) is 22.3. The Morgan fingerprint density at radius 1 is 1.13 bits per heavy atom. The van der Waals surface area contributed by atoms with Crippen LogP contribution in [0.4, 0.5) is 17.6 Å². The molecule has 14 heteroatoms. The lowest BCUT2D eigenvalue weighted by Gasteiger charge is -2.31. The normalized spacial score (nSPS) is 19.0. The van der Waals surface area contributed by atoms with Crippen LogP contribution in [0.1, 0.15) is 32.5 Å². The molecule has 0 atom stereocenters. The van der Waals surface area contributed by atoms with Crippen molar-refractivity contribution in [3.05, 3.63) is 36.8 Å². The summed E-state index contributed by atoms with van der Waals surface area (Å²) < 4.78 is 92.7. The molecule has 1 saturated carbocycles. The number of halogens is 4. The molecule has 0 unspecified atom stereocenters. The van der Waals surface area contributed by atoms with Gasteiger partial charge in [0, 0.05) is 43.7 Å². The second kappa shape index (κ2) is 8.93. The minimum absolute atomic E-state index is 0.0147. The van der Waals surface area contributed by atoms with Gasteiger partial charge in [-0.3, -0.25) is 4.99 Å². The molecular formula is C25H25F4N5O4S. The second-order valence-corrected chi connectivity index (χ2v) is 11.6. The van der Waals surface area contributed by atoms with Crippen molar-refractivity contribution in [1.82, 2.24) is 19.1 Å². The minimum atomic E-state index is -4.89. The van der Waals surface area contributed by atoms with Gasteiger partial charge < -0.3 is 18.6 Å². The van der Waals surface area contributed by atoms with Gasteiger partial charge in [-0.25, -0.2) is 18.4 Å². The molecule has 9 nitrogen and oxygen atoms in total. The molecular weight excluding hydrogens is 542 g/mol. The first-order valence-corrected chi connectivity index (χ1v) is 13.7. The molecule has 0 N–H and O–H groups in total. The topological polar surface area (TPSA) is 101 Å². The van der Waals surface area contributed by atoms with Crippen molar-refractivity contribution in [2.24, 2.45) is 25.0 Å². The van der Waals surface area contributed by atoms with E-state index in [1.165, 1.54) is 36.2 Å². The Morgan fingerprint density at radius 2 is 1.74 bits per heavy atom. The lowest BCUT2D eigenvalue weighted by atomic mass is 10.2. The van der Waals surface area contributed by atoms with Crippen molar-refractivity contribution in [2.45, 2.75) is 43.9 Å². The maximum Gasteiger partial charge on any atom is 0.507 e. The number of nitrogens with zero attached hydrogens (tertiary/aromatic N) is 5. The van der Waals surface area contributed by atoms with Crippen LogP contribution in [-0.2, 0) is 23.9 Å². The second-order valence-electron chi connectivity index (χ2n) is 9.40. The number of aromatic nitrogens is 4. The van der Waals surface area contributed by atoms with Gasteiger partial charge in [0.05, 0.1) is 16.8 Å². The first-order valence-electron chi connectivity index (χ1n) is 12.0. The van der Waals surface area contributed by atoms with Crippen molar-refractivity contribution in [1.29, 1.82) is 0 Å². The highest BCUT2D eigenvalue weighted by Crippen LogP contribution is 2.48. The summed E-state index contributed by atoms with van der Waals surface area (Å²) >= 11 is 0. The fourth-order valence-electron chi connectivity index (χ4n) is 4.33. The van der Waals surface area contributed by atoms with Crippen LogP contribution < -0.4 is 9.47 Å². The summed E-state index contributed by atoms with van der Waals surface area (Å²) in [5, 5.41) is -0.135. The van der Waals surface area contributed by atoms with Crippen LogP contribution in [0.3, 0.4) is 0 Å². The maximum absolute atomic E-state index is 13.7. The monoisotopic (exact) mass is 567 g/mol. The lowest BCUT2D eigenvalue weighted by molar-refractivity contribution is -0.391. The Kier molecular flexibility index (Phi) is 6.16. The van der Waals surface area contributed by atoms with E-state index in [9.17, 15) is 26.0 Å². The number of hydrogen-bond acceptors (Lipinski definition) is 7. The van der Waals surface area contributed by atoms with E-state index in [-0.39, 0.29) is 39.2 Å². The van der Waals surface area contributed by atoms with E-state index in [2.05, 4.69) is 31.0 Å². The highest BCUT2D eigenvalue weighted by Gasteiger charge is 2.66. The first-order chi connectivity index (χ1) is 18.2. The summed E-state index contributed by atoms with van der Waals surface area (Å²) in [6.07, 6.45) is -4.55. The predicted molar refractivity (Wildman–Crippen MR) is 136 cm³/mol. The molecule has 0 spiro atoms. The molecule has 3 aromatic rings. The number of imidazole rings is 2. The first kappa shape index (κ1) is 26.9. The van der Waals surface area contributed by atoms with Gasteiger partial charge >= 0.3 is 12.2 Å². The molecule has 0 radical (unpaired) electrons. The number of hydrogen-bond donors (Lipinski definition) is 0. The molecule has 1 fully saturated rings. The number of alkyl halides is 4. The smallest absolute Gasteiger partial charge is 0.421 e. The number of fused-ring (bicyclic) bond motifs is 2. The van der Waals surface area contributed by atoms with Crippen LogP contribution in [0.25, 0.3) is 28.1 Å². The van der Waals surface area contributed by atoms with Crippen LogP contribution in [0.5, 0.6) is 11.5 Å². The van der Waals surface area contributed by atoms with E-state index in [0.717, 1.165) is 30.7 Å². The molecule has 0 bridgehead atoms. The Hall–Kier alpha value is -3.68. The number of aryl methyl sites for hydroxylation is 1. The van der Waals surface area contributed by atoms with Gasteiger partial charge in [0.1, 0.15) is 11.5 Å². The standard InChI is InChI=1S/C25H25F4N5O4S/c1-6-14(12-30-13(3)15-8-9-15)21-32-20(23(34(21)5)39(35,36)7-2)22-31-16-10-18-19(11-17(16)33(22)4)38-25(28,29)24(26,27)37-18/h6,10-12,15H,1,7-9H2,2-5H3/b14-12+,30-13+. The van der Waals surface area contributed by atoms with Gasteiger partial charge in [0.15, 0.2) is 32.2 Å². The maximum atomic E-state index is 13.7. The van der Waals surface area contributed by atoms with Crippen molar-refractivity contribution >= 4 is 32.2 Å². The van der Waals surface area contributed by atoms with Crippen LogP contribution in [0, 0.1) is 5.92 Å². The lowest BCUT2D eigenvalue weighted by Crippen LogP contribution is -2.52. The van der Waals surface area contributed by atoms with Crippen molar-refractivity contribution in [3.63, 3.8) is 0 Å². The van der Waals surface area contributed by atoms with Crippen LogP contribution in [-0.4, -0.2) is 51.2 Å². The van der Waals surface area contributed by atoms with Crippen LogP contribution in [0.2, 0.25) is 0 Å². The number of benzene rings is 1. The fourth-order valence-corrected chi connectivity index (χ4v) is 5.53. The average Bonchev–Trinajstić information content (AvgIpc) is 3.59. The summed E-state index contributed by atoms with van der Waals surface area (Å²) in [5.74, 6) is -0.741. The quantitative estimate of drug-likeness (QED) is 0.223. The third-order valence-corrected chi connectivity index (χ3v) is 8.56. The summed E-state index contributed by atoms with van der Waals surface area (Å²) in [6.45, 7) is 7.22. The number of ether oxygens (including phenoxy) is 2. The van der Waals surface area contributed by atoms with E-state index in [0.29, 0.717) is 11.5 Å². The molecule has 2 aromatic heterocycles. The van der Waals surface area contributed by atoms with Crippen LogP contribution >= 0.6 is 0 Å².